The Morgan fingerprint density at radius 1 is 1.12 bits per heavy atom. The van der Waals surface area contributed by atoms with E-state index in [9.17, 15) is 24.5 Å². The van der Waals surface area contributed by atoms with Crippen molar-refractivity contribution in [3.05, 3.63) is 68.2 Å². The van der Waals surface area contributed by atoms with Gasteiger partial charge in [-0.05, 0) is 34.1 Å². The molecule has 8 nitrogen and oxygen atoms in total. The summed E-state index contributed by atoms with van der Waals surface area (Å²) in [4.78, 5) is 47.7. The van der Waals surface area contributed by atoms with Crippen molar-refractivity contribution in [3.8, 4) is 0 Å². The summed E-state index contributed by atoms with van der Waals surface area (Å²) >= 11 is 3.18. The quantitative estimate of drug-likeness (QED) is 0.479. The second-order valence-electron chi connectivity index (χ2n) is 5.21. The lowest BCUT2D eigenvalue weighted by atomic mass is 10.1. The van der Waals surface area contributed by atoms with Crippen LogP contribution in [0.15, 0.2) is 46.9 Å². The third kappa shape index (κ3) is 3.13. The zero-order valence-electron chi connectivity index (χ0n) is 12.6. The van der Waals surface area contributed by atoms with Crippen molar-refractivity contribution in [2.45, 2.75) is 0 Å². The third-order valence-electron chi connectivity index (χ3n) is 3.61. The zero-order chi connectivity index (χ0) is 18.1. The molecule has 0 spiro atoms. The molecular formula is C16H10BrN3O5. The summed E-state index contributed by atoms with van der Waals surface area (Å²) in [7, 11) is 0. The Balaban J connectivity index is 1.76. The minimum absolute atomic E-state index is 0.177. The summed E-state index contributed by atoms with van der Waals surface area (Å²) in [6.07, 6.45) is 0. The minimum Gasteiger partial charge on any atom is -0.323 e. The Morgan fingerprint density at radius 3 is 2.28 bits per heavy atom. The average Bonchev–Trinajstić information content (AvgIpc) is 2.82. The first kappa shape index (κ1) is 16.8. The van der Waals surface area contributed by atoms with Crippen molar-refractivity contribution in [2.75, 3.05) is 11.9 Å². The average molecular weight is 404 g/mol. The zero-order valence-corrected chi connectivity index (χ0v) is 14.1. The number of nitro groups is 1. The molecule has 0 aromatic heterocycles. The normalized spacial score (nSPS) is 12.9. The predicted octanol–water partition coefficient (Wildman–Crippen LogP) is 2.59. The van der Waals surface area contributed by atoms with Crippen LogP contribution >= 0.6 is 15.9 Å². The van der Waals surface area contributed by atoms with Gasteiger partial charge in [0.1, 0.15) is 6.54 Å². The van der Waals surface area contributed by atoms with Crippen LogP contribution in [0.4, 0.5) is 11.4 Å². The molecule has 0 saturated heterocycles. The van der Waals surface area contributed by atoms with E-state index in [-0.39, 0.29) is 22.5 Å². The largest absolute Gasteiger partial charge is 0.323 e. The molecule has 0 atom stereocenters. The van der Waals surface area contributed by atoms with E-state index in [0.717, 1.165) is 4.90 Å². The second kappa shape index (κ2) is 6.44. The van der Waals surface area contributed by atoms with E-state index in [1.54, 1.807) is 12.1 Å². The molecule has 1 N–H and O–H groups in total. The van der Waals surface area contributed by atoms with Crippen LogP contribution in [0.3, 0.4) is 0 Å². The Hall–Kier alpha value is -3.07. The summed E-state index contributed by atoms with van der Waals surface area (Å²) in [5, 5.41) is 13.3. The lowest BCUT2D eigenvalue weighted by Crippen LogP contribution is -2.37. The highest BCUT2D eigenvalue weighted by atomic mass is 79.9. The Kier molecular flexibility index (Phi) is 4.32. The molecule has 0 fully saturated rings. The molecule has 3 amide bonds. The number of carbonyl (C=O) groups excluding carboxylic acids is 3. The lowest BCUT2D eigenvalue weighted by molar-refractivity contribution is -0.384. The summed E-state index contributed by atoms with van der Waals surface area (Å²) in [6, 6.07) is 10.2. The molecule has 2 aromatic rings. The molecule has 3 rings (SSSR count). The maximum atomic E-state index is 12.2. The number of carbonyl (C=O) groups is 3. The van der Waals surface area contributed by atoms with Gasteiger partial charge in [0.15, 0.2) is 0 Å². The first-order valence-corrected chi connectivity index (χ1v) is 7.87. The van der Waals surface area contributed by atoms with Gasteiger partial charge in [0.05, 0.1) is 21.7 Å². The van der Waals surface area contributed by atoms with Gasteiger partial charge in [-0.3, -0.25) is 29.4 Å². The molecule has 0 unspecified atom stereocenters. The SMILES string of the molecule is O=C(CN1C(=O)c2ccccc2C1=O)Nc1cc([N+](=O)[O-])ccc1Br. The Morgan fingerprint density at radius 2 is 1.72 bits per heavy atom. The first-order valence-electron chi connectivity index (χ1n) is 7.07. The molecule has 0 aliphatic carbocycles. The fourth-order valence-corrected chi connectivity index (χ4v) is 2.78. The number of benzene rings is 2. The summed E-state index contributed by atoms with van der Waals surface area (Å²) in [6.45, 7) is -0.485. The van der Waals surface area contributed by atoms with Gasteiger partial charge >= 0.3 is 0 Å². The maximum absolute atomic E-state index is 12.2. The number of halogens is 1. The van der Waals surface area contributed by atoms with Crippen LogP contribution in [0.5, 0.6) is 0 Å². The highest BCUT2D eigenvalue weighted by Crippen LogP contribution is 2.27. The van der Waals surface area contributed by atoms with Crippen LogP contribution < -0.4 is 5.32 Å². The van der Waals surface area contributed by atoms with Crippen LogP contribution in [0, 0.1) is 10.1 Å². The van der Waals surface area contributed by atoms with Gasteiger partial charge in [-0.2, -0.15) is 0 Å². The number of imide groups is 1. The van der Waals surface area contributed by atoms with Crippen LogP contribution in [0.1, 0.15) is 20.7 Å². The van der Waals surface area contributed by atoms with Crippen molar-refractivity contribution < 1.29 is 19.3 Å². The molecule has 0 saturated carbocycles. The van der Waals surface area contributed by atoms with Gasteiger partial charge in [0.25, 0.3) is 17.5 Å². The fourth-order valence-electron chi connectivity index (χ4n) is 2.44. The number of hydrogen-bond donors (Lipinski definition) is 1. The van der Waals surface area contributed by atoms with Gasteiger partial charge in [0, 0.05) is 16.6 Å². The number of rotatable bonds is 4. The highest BCUT2D eigenvalue weighted by Gasteiger charge is 2.36. The number of fused-ring (bicyclic) bond motifs is 1. The van der Waals surface area contributed by atoms with E-state index in [4.69, 9.17) is 0 Å². The van der Waals surface area contributed by atoms with Gasteiger partial charge in [0.2, 0.25) is 5.91 Å². The van der Waals surface area contributed by atoms with Crippen LogP contribution in [-0.2, 0) is 4.79 Å². The number of non-ortho nitro benzene ring substituents is 1. The van der Waals surface area contributed by atoms with Gasteiger partial charge in [-0.1, -0.05) is 12.1 Å². The van der Waals surface area contributed by atoms with Crippen molar-refractivity contribution in [1.29, 1.82) is 0 Å². The monoisotopic (exact) mass is 403 g/mol. The van der Waals surface area contributed by atoms with E-state index in [1.165, 1.54) is 30.3 Å². The van der Waals surface area contributed by atoms with Crippen LogP contribution in [0.2, 0.25) is 0 Å². The molecule has 0 radical (unpaired) electrons. The van der Waals surface area contributed by atoms with Crippen molar-refractivity contribution in [2.24, 2.45) is 0 Å². The predicted molar refractivity (Wildman–Crippen MR) is 91.2 cm³/mol. The van der Waals surface area contributed by atoms with Gasteiger partial charge < -0.3 is 5.32 Å². The highest BCUT2D eigenvalue weighted by molar-refractivity contribution is 9.10. The number of nitrogens with one attached hydrogen (secondary N) is 1. The molecule has 1 aliphatic rings. The summed E-state index contributed by atoms with van der Waals surface area (Å²) in [5.41, 5.74) is 0.476. The second-order valence-corrected chi connectivity index (χ2v) is 6.07. The number of amides is 3. The molecule has 1 aliphatic heterocycles. The molecule has 25 heavy (non-hydrogen) atoms. The number of nitrogens with zero attached hydrogens (tertiary/aromatic N) is 2. The molecule has 9 heteroatoms. The van der Waals surface area contributed by atoms with E-state index in [1.807, 2.05) is 0 Å². The standard InChI is InChI=1S/C16H10BrN3O5/c17-12-6-5-9(20(24)25)7-13(12)18-14(21)8-19-15(22)10-3-1-2-4-11(10)16(19)23/h1-7H,8H2,(H,18,21). The van der Waals surface area contributed by atoms with E-state index in [0.29, 0.717) is 4.47 Å². The Labute approximate surface area is 149 Å². The van der Waals surface area contributed by atoms with Gasteiger partial charge in [-0.15, -0.1) is 0 Å². The first-order chi connectivity index (χ1) is 11.9. The van der Waals surface area contributed by atoms with Crippen molar-refractivity contribution in [3.63, 3.8) is 0 Å². The van der Waals surface area contributed by atoms with Gasteiger partial charge in [-0.25, -0.2) is 0 Å². The molecule has 2 aromatic carbocycles. The topological polar surface area (TPSA) is 110 Å². The number of anilines is 1. The molecule has 1 heterocycles. The smallest absolute Gasteiger partial charge is 0.271 e. The summed E-state index contributed by atoms with van der Waals surface area (Å²) < 4.78 is 0.439. The lowest BCUT2D eigenvalue weighted by Gasteiger charge is -2.14. The summed E-state index contributed by atoms with van der Waals surface area (Å²) in [5.74, 6) is -1.74. The number of nitro benzene ring substituents is 1. The van der Waals surface area contributed by atoms with Crippen LogP contribution in [0.25, 0.3) is 0 Å². The maximum Gasteiger partial charge on any atom is 0.271 e. The van der Waals surface area contributed by atoms with Crippen molar-refractivity contribution in [1.82, 2.24) is 4.90 Å². The number of hydrogen-bond acceptors (Lipinski definition) is 5. The van der Waals surface area contributed by atoms with Crippen LogP contribution in [-0.4, -0.2) is 34.1 Å². The van der Waals surface area contributed by atoms with E-state index < -0.39 is 29.2 Å². The molecular weight excluding hydrogens is 394 g/mol. The minimum atomic E-state index is -0.643. The van der Waals surface area contributed by atoms with E-state index in [2.05, 4.69) is 21.2 Å². The molecule has 126 valence electrons. The van der Waals surface area contributed by atoms with Crippen molar-refractivity contribution >= 4 is 45.0 Å². The Bertz CT molecular complexity index is 893. The fraction of sp³-hybridized carbons (Fsp3) is 0.0625. The molecule has 0 bridgehead atoms. The third-order valence-corrected chi connectivity index (χ3v) is 4.31. The van der Waals surface area contributed by atoms with E-state index >= 15 is 0 Å².